The van der Waals surface area contributed by atoms with Crippen LogP contribution in [0, 0.1) is 0 Å². The first kappa shape index (κ1) is 23.0. The zero-order chi connectivity index (χ0) is 23.7. The van der Waals surface area contributed by atoms with E-state index in [1.54, 1.807) is 12.4 Å². The molecule has 1 saturated carbocycles. The number of nitrogens with zero attached hydrogens (tertiary/aromatic N) is 5. The number of hydrogen-bond donors (Lipinski definition) is 2. The quantitative estimate of drug-likeness (QED) is 0.612. The number of nitrogens with one attached hydrogen (secondary N) is 2. The molecule has 2 N–H and O–H groups in total. The van der Waals surface area contributed by atoms with Crippen molar-refractivity contribution in [1.29, 1.82) is 0 Å². The molecule has 3 aliphatic rings. The van der Waals surface area contributed by atoms with Crippen LogP contribution in [0.1, 0.15) is 37.2 Å². The van der Waals surface area contributed by atoms with Gasteiger partial charge in [0.15, 0.2) is 5.82 Å². The molecule has 180 valence electrons. The number of halogens is 1. The molecule has 2 aromatic rings. The highest BCUT2D eigenvalue weighted by atomic mass is 35.5. The Balaban J connectivity index is 1.38. The zero-order valence-corrected chi connectivity index (χ0v) is 20.4. The van der Waals surface area contributed by atoms with Gasteiger partial charge < -0.3 is 20.3 Å². The second-order valence-electron chi connectivity index (χ2n) is 8.68. The molecule has 1 amide bonds. The van der Waals surface area contributed by atoms with Crippen molar-refractivity contribution >= 4 is 45.8 Å². The fraction of sp³-hybridized carbons (Fsp3) is 0.500. The van der Waals surface area contributed by atoms with Crippen molar-refractivity contribution in [3.8, 4) is 0 Å². The normalized spacial score (nSPS) is 20.7. The summed E-state index contributed by atoms with van der Waals surface area (Å²) >= 11 is 5.90. The highest BCUT2D eigenvalue weighted by Crippen LogP contribution is 2.39. The first-order chi connectivity index (χ1) is 16.5. The van der Waals surface area contributed by atoms with Crippen molar-refractivity contribution < 1.29 is 13.7 Å². The summed E-state index contributed by atoms with van der Waals surface area (Å²) in [6.45, 7) is 1.56. The Morgan fingerprint density at radius 3 is 2.71 bits per heavy atom. The number of alkyl carbamates (subject to hydrolysis) is 1. The van der Waals surface area contributed by atoms with Gasteiger partial charge in [0.05, 0.1) is 27.1 Å². The van der Waals surface area contributed by atoms with Crippen LogP contribution in [0.2, 0.25) is 5.02 Å². The fourth-order valence-corrected chi connectivity index (χ4v) is 5.78. The number of carbonyl (C=O) groups is 1. The lowest BCUT2D eigenvalue weighted by atomic mass is 9.77. The van der Waals surface area contributed by atoms with Crippen LogP contribution in [0.5, 0.6) is 0 Å². The molecule has 0 saturated heterocycles. The predicted octanol–water partition coefficient (Wildman–Crippen LogP) is 2.57. The van der Waals surface area contributed by atoms with Crippen molar-refractivity contribution in [3.05, 3.63) is 35.0 Å². The topological polar surface area (TPSA) is 122 Å². The predicted molar refractivity (Wildman–Crippen MR) is 129 cm³/mol. The van der Waals surface area contributed by atoms with Crippen LogP contribution in [0.15, 0.2) is 23.4 Å². The van der Waals surface area contributed by atoms with Crippen LogP contribution in [0.25, 0.3) is 5.57 Å². The molecule has 34 heavy (non-hydrogen) atoms. The van der Waals surface area contributed by atoms with Crippen LogP contribution in [0.4, 0.5) is 16.6 Å². The van der Waals surface area contributed by atoms with Crippen LogP contribution >= 0.6 is 11.6 Å². The number of carbonyl (C=O) groups excluding carboxylic acids is 1. The Kier molecular flexibility index (Phi) is 6.39. The maximum absolute atomic E-state index is 12.8. The molecule has 2 aliphatic heterocycles. The van der Waals surface area contributed by atoms with Crippen molar-refractivity contribution in [1.82, 2.24) is 25.3 Å². The second kappa shape index (κ2) is 9.46. The number of hydrogen-bond acceptors (Lipinski definition) is 9. The van der Waals surface area contributed by atoms with E-state index in [0.717, 1.165) is 37.0 Å². The van der Waals surface area contributed by atoms with Gasteiger partial charge in [-0.1, -0.05) is 17.7 Å². The molecule has 0 aromatic carbocycles. The number of ether oxygens (including phenoxy) is 1. The largest absolute Gasteiger partial charge is 0.447 e. The number of aryl methyl sites for hydroxylation is 1. The third-order valence-corrected chi connectivity index (χ3v) is 8.11. The summed E-state index contributed by atoms with van der Waals surface area (Å²) in [6, 6.07) is 0. The number of fused-ring (bicyclic) bond motifs is 1. The zero-order valence-electron chi connectivity index (χ0n) is 18.8. The van der Waals surface area contributed by atoms with Crippen molar-refractivity contribution in [2.24, 2.45) is 0 Å². The molecule has 1 fully saturated rings. The monoisotopic (exact) mass is 503 g/mol. The number of aromatic nitrogens is 4. The van der Waals surface area contributed by atoms with Gasteiger partial charge in [0.1, 0.15) is 17.3 Å². The molecule has 10 nitrogen and oxygen atoms in total. The fourth-order valence-electron chi connectivity index (χ4n) is 4.38. The van der Waals surface area contributed by atoms with Crippen LogP contribution in [0.3, 0.4) is 0 Å². The average molecular weight is 504 g/mol. The Morgan fingerprint density at radius 2 is 2.06 bits per heavy atom. The summed E-state index contributed by atoms with van der Waals surface area (Å²) in [6.07, 6.45) is 8.95. The van der Waals surface area contributed by atoms with Crippen molar-refractivity contribution in [3.63, 3.8) is 0 Å². The highest BCUT2D eigenvalue weighted by molar-refractivity contribution is 7.85. The van der Waals surface area contributed by atoms with Crippen molar-refractivity contribution in [2.45, 2.75) is 42.5 Å². The number of anilines is 2. The Labute approximate surface area is 205 Å². The summed E-state index contributed by atoms with van der Waals surface area (Å²) in [5.74, 6) is 2.42. The van der Waals surface area contributed by atoms with Gasteiger partial charge in [-0.25, -0.2) is 19.7 Å². The first-order valence-electron chi connectivity index (χ1n) is 11.3. The van der Waals surface area contributed by atoms with Gasteiger partial charge in [-0.3, -0.25) is 4.21 Å². The standard InChI is InChI=1S/C22H26ClN7O3S/c1-24-21(31)33-13-22(6-2-7-22)29-19-17-16(5-10-34(17)32)27-20(28-19)30-8-3-14(4-9-30)18-25-11-15(23)12-26-18/h3,11-12H,2,4-10,13H2,1H3,(H,24,31)(H,27,28,29)/t34-/m1/s1. The molecular weight excluding hydrogens is 478 g/mol. The molecule has 4 heterocycles. The summed E-state index contributed by atoms with van der Waals surface area (Å²) in [5.41, 5.74) is 1.48. The van der Waals surface area contributed by atoms with E-state index in [2.05, 4.69) is 31.6 Å². The number of amides is 1. The summed E-state index contributed by atoms with van der Waals surface area (Å²) < 4.78 is 18.1. The van der Waals surface area contributed by atoms with Gasteiger partial charge in [0, 0.05) is 44.7 Å². The number of rotatable bonds is 6. The molecule has 0 spiro atoms. The molecular formula is C22H26ClN7O3S. The first-order valence-corrected chi connectivity index (χ1v) is 13.0. The van der Waals surface area contributed by atoms with Crippen LogP contribution in [-0.2, 0) is 22.0 Å². The maximum Gasteiger partial charge on any atom is 0.406 e. The Bertz CT molecular complexity index is 1150. The van der Waals surface area contributed by atoms with Gasteiger partial charge in [0.2, 0.25) is 5.95 Å². The molecule has 2 aromatic heterocycles. The van der Waals surface area contributed by atoms with Gasteiger partial charge in [-0.2, -0.15) is 4.98 Å². The van der Waals surface area contributed by atoms with Crippen LogP contribution < -0.4 is 15.5 Å². The third kappa shape index (κ3) is 4.58. The van der Waals surface area contributed by atoms with E-state index in [-0.39, 0.29) is 6.61 Å². The van der Waals surface area contributed by atoms with E-state index in [1.807, 2.05) is 0 Å². The van der Waals surface area contributed by atoms with E-state index in [9.17, 15) is 9.00 Å². The van der Waals surface area contributed by atoms with Gasteiger partial charge in [-0.05, 0) is 31.3 Å². The summed E-state index contributed by atoms with van der Waals surface area (Å²) in [5, 5.41) is 6.49. The molecule has 0 radical (unpaired) electrons. The third-order valence-electron chi connectivity index (χ3n) is 6.45. The molecule has 5 rings (SSSR count). The van der Waals surface area contributed by atoms with Gasteiger partial charge >= 0.3 is 6.09 Å². The maximum atomic E-state index is 12.8. The lowest BCUT2D eigenvalue weighted by Gasteiger charge is -2.42. The van der Waals surface area contributed by atoms with Crippen molar-refractivity contribution in [2.75, 3.05) is 42.7 Å². The van der Waals surface area contributed by atoms with E-state index in [4.69, 9.17) is 26.3 Å². The summed E-state index contributed by atoms with van der Waals surface area (Å²) in [4.78, 5) is 32.6. The molecule has 0 bridgehead atoms. The smallest absolute Gasteiger partial charge is 0.406 e. The Hall–Kier alpha value is -2.79. The average Bonchev–Trinajstić information content (AvgIpc) is 3.21. The van der Waals surface area contributed by atoms with Crippen LogP contribution in [-0.4, -0.2) is 68.3 Å². The van der Waals surface area contributed by atoms with E-state index in [1.165, 1.54) is 7.05 Å². The molecule has 12 heteroatoms. The minimum absolute atomic E-state index is 0.227. The minimum atomic E-state index is -1.15. The second-order valence-corrected chi connectivity index (χ2v) is 10.6. The lowest BCUT2D eigenvalue weighted by molar-refractivity contribution is 0.0959. The Morgan fingerprint density at radius 1 is 1.26 bits per heavy atom. The molecule has 1 atom stereocenters. The van der Waals surface area contributed by atoms with E-state index in [0.29, 0.717) is 52.8 Å². The van der Waals surface area contributed by atoms with Gasteiger partial charge in [0.25, 0.3) is 0 Å². The summed E-state index contributed by atoms with van der Waals surface area (Å²) in [7, 11) is 0.388. The lowest BCUT2D eigenvalue weighted by Crippen LogP contribution is -2.50. The van der Waals surface area contributed by atoms with Gasteiger partial charge in [-0.15, -0.1) is 0 Å². The molecule has 0 unspecified atom stereocenters. The van der Waals surface area contributed by atoms with E-state index >= 15 is 0 Å². The SMILES string of the molecule is CNC(=O)OCC1(Nc2nc(N3CC=C(c4ncc(Cl)cn4)CC3)nc3c2[S@](=O)CC3)CCC1. The highest BCUT2D eigenvalue weighted by Gasteiger charge is 2.41. The molecule has 1 aliphatic carbocycles. The van der Waals surface area contributed by atoms with E-state index < -0.39 is 22.4 Å². The minimum Gasteiger partial charge on any atom is -0.447 e.